The summed E-state index contributed by atoms with van der Waals surface area (Å²) in [5.74, 6) is -0.776. The summed E-state index contributed by atoms with van der Waals surface area (Å²) in [6.45, 7) is 0.331. The predicted molar refractivity (Wildman–Crippen MR) is 99.5 cm³/mol. The zero-order valence-corrected chi connectivity index (χ0v) is 15.0. The summed E-state index contributed by atoms with van der Waals surface area (Å²) in [4.78, 5) is 27.2. The van der Waals surface area contributed by atoms with Crippen molar-refractivity contribution in [3.63, 3.8) is 0 Å². The highest BCUT2D eigenvalue weighted by Gasteiger charge is 2.10. The first-order valence-electron chi connectivity index (χ1n) is 8.01. The minimum absolute atomic E-state index is 0.0432. The number of rotatable bonds is 6. The van der Waals surface area contributed by atoms with Crippen LogP contribution in [0.1, 0.15) is 21.6 Å². The molecule has 138 valence electrons. The van der Waals surface area contributed by atoms with Gasteiger partial charge in [-0.1, -0.05) is 12.1 Å². The van der Waals surface area contributed by atoms with Gasteiger partial charge in [-0.2, -0.15) is 0 Å². The van der Waals surface area contributed by atoms with Crippen molar-refractivity contribution < 1.29 is 18.7 Å². The topological polar surface area (TPSA) is 94.3 Å². The third kappa shape index (κ3) is 5.11. The van der Waals surface area contributed by atoms with Gasteiger partial charge in [0.2, 0.25) is 0 Å². The first kappa shape index (κ1) is 18.5. The Morgan fingerprint density at radius 3 is 2.48 bits per heavy atom. The van der Waals surface area contributed by atoms with Crippen LogP contribution in [0.2, 0.25) is 0 Å². The van der Waals surface area contributed by atoms with E-state index in [-0.39, 0.29) is 19.0 Å². The van der Waals surface area contributed by atoms with E-state index < -0.39 is 12.0 Å². The van der Waals surface area contributed by atoms with E-state index in [1.807, 2.05) is 0 Å². The van der Waals surface area contributed by atoms with Gasteiger partial charge in [0.1, 0.15) is 17.4 Å². The molecule has 2 amide bonds. The van der Waals surface area contributed by atoms with Crippen molar-refractivity contribution in [2.24, 2.45) is 5.73 Å². The molecule has 0 unspecified atom stereocenters. The van der Waals surface area contributed by atoms with E-state index in [4.69, 9.17) is 10.5 Å². The molecule has 0 fully saturated rings. The average molecular weight is 385 g/mol. The summed E-state index contributed by atoms with van der Waals surface area (Å²) in [6.07, 6.45) is 0. The van der Waals surface area contributed by atoms with Crippen molar-refractivity contribution in [3.8, 4) is 10.6 Å². The number of nitrogens with two attached hydrogens (primary N) is 1. The first-order valence-corrected chi connectivity index (χ1v) is 8.89. The van der Waals surface area contributed by atoms with Crippen LogP contribution in [-0.4, -0.2) is 17.0 Å². The first-order chi connectivity index (χ1) is 13.0. The number of thiazole rings is 1. The van der Waals surface area contributed by atoms with Crippen LogP contribution in [0.4, 0.5) is 9.18 Å². The smallest absolute Gasteiger partial charge is 0.338 e. The molecule has 3 N–H and O–H groups in total. The fraction of sp³-hybridized carbons (Fsp3) is 0.105. The van der Waals surface area contributed by atoms with Crippen LogP contribution in [0, 0.1) is 5.82 Å². The summed E-state index contributed by atoms with van der Waals surface area (Å²) >= 11 is 1.40. The zero-order valence-electron chi connectivity index (χ0n) is 14.1. The number of primary amides is 1. The van der Waals surface area contributed by atoms with E-state index in [0.717, 1.165) is 16.1 Å². The van der Waals surface area contributed by atoms with Gasteiger partial charge < -0.3 is 15.8 Å². The summed E-state index contributed by atoms with van der Waals surface area (Å²) in [5, 5.41) is 5.00. The van der Waals surface area contributed by atoms with Crippen LogP contribution in [0.25, 0.3) is 10.6 Å². The Morgan fingerprint density at radius 2 is 1.81 bits per heavy atom. The fourth-order valence-electron chi connectivity index (χ4n) is 2.27. The molecule has 0 spiro atoms. The van der Waals surface area contributed by atoms with Crippen molar-refractivity contribution >= 4 is 23.3 Å². The lowest BCUT2D eigenvalue weighted by atomic mass is 10.1. The number of nitrogens with zero attached hydrogens (tertiary/aromatic N) is 1. The van der Waals surface area contributed by atoms with Gasteiger partial charge in [0.15, 0.2) is 0 Å². The normalized spacial score (nSPS) is 10.4. The number of urea groups is 1. The number of esters is 1. The number of amides is 2. The second kappa shape index (κ2) is 8.41. The molecule has 27 heavy (non-hydrogen) atoms. The lowest BCUT2D eigenvalue weighted by Crippen LogP contribution is -2.28. The lowest BCUT2D eigenvalue weighted by molar-refractivity contribution is 0.0468. The standard InChI is InChI=1S/C19H16FN3O3S/c20-15-7-5-13(6-8-15)17-23-16(11-27-17)10-26-18(24)14-3-1-12(2-4-14)9-22-19(21)25/h1-8,11H,9-10H2,(H3,21,22,25). The molecule has 6 nitrogen and oxygen atoms in total. The Bertz CT molecular complexity index is 940. The second-order valence-electron chi connectivity index (χ2n) is 5.64. The summed E-state index contributed by atoms with van der Waals surface area (Å²) in [5.41, 5.74) is 7.65. The monoisotopic (exact) mass is 385 g/mol. The van der Waals surface area contributed by atoms with Gasteiger partial charge in [-0.25, -0.2) is 19.0 Å². The SMILES string of the molecule is NC(=O)NCc1ccc(C(=O)OCc2csc(-c3ccc(F)cc3)n2)cc1. The molecule has 8 heteroatoms. The molecule has 1 heterocycles. The Hall–Kier alpha value is -3.26. The Labute approximate surface area is 158 Å². The van der Waals surface area contributed by atoms with Gasteiger partial charge in [-0.15, -0.1) is 11.3 Å². The maximum atomic E-state index is 13.0. The van der Waals surface area contributed by atoms with E-state index >= 15 is 0 Å². The van der Waals surface area contributed by atoms with Crippen molar-refractivity contribution in [3.05, 3.63) is 76.5 Å². The number of carbonyl (C=O) groups is 2. The molecule has 0 aliphatic rings. The van der Waals surface area contributed by atoms with E-state index in [0.29, 0.717) is 11.3 Å². The number of benzene rings is 2. The largest absolute Gasteiger partial charge is 0.456 e. The number of halogens is 1. The van der Waals surface area contributed by atoms with Gasteiger partial charge >= 0.3 is 12.0 Å². The van der Waals surface area contributed by atoms with Gasteiger partial charge in [0.05, 0.1) is 11.3 Å². The van der Waals surface area contributed by atoms with Gasteiger partial charge in [-0.3, -0.25) is 0 Å². The average Bonchev–Trinajstić information content (AvgIpc) is 3.14. The number of hydrogen-bond acceptors (Lipinski definition) is 5. The molecule has 3 aromatic rings. The highest BCUT2D eigenvalue weighted by molar-refractivity contribution is 7.13. The van der Waals surface area contributed by atoms with E-state index in [2.05, 4.69) is 10.3 Å². The van der Waals surface area contributed by atoms with Crippen LogP contribution in [0.15, 0.2) is 53.9 Å². The maximum absolute atomic E-state index is 13.0. The van der Waals surface area contributed by atoms with Gasteiger partial charge in [0, 0.05) is 17.5 Å². The quantitative estimate of drug-likeness (QED) is 0.635. The van der Waals surface area contributed by atoms with E-state index in [1.54, 1.807) is 41.8 Å². The number of aromatic nitrogens is 1. The Morgan fingerprint density at radius 1 is 1.11 bits per heavy atom. The van der Waals surface area contributed by atoms with Crippen LogP contribution in [-0.2, 0) is 17.9 Å². The molecule has 3 rings (SSSR count). The molecule has 0 atom stereocenters. The number of ether oxygens (including phenoxy) is 1. The lowest BCUT2D eigenvalue weighted by Gasteiger charge is -2.05. The number of hydrogen-bond donors (Lipinski definition) is 2. The highest BCUT2D eigenvalue weighted by atomic mass is 32.1. The number of nitrogens with one attached hydrogen (secondary N) is 1. The van der Waals surface area contributed by atoms with Crippen LogP contribution in [0.5, 0.6) is 0 Å². The van der Waals surface area contributed by atoms with Crippen LogP contribution in [0.3, 0.4) is 0 Å². The van der Waals surface area contributed by atoms with Crippen LogP contribution < -0.4 is 11.1 Å². The Kier molecular flexibility index (Phi) is 5.77. The zero-order chi connectivity index (χ0) is 19.2. The molecule has 0 saturated carbocycles. The maximum Gasteiger partial charge on any atom is 0.338 e. The molecule has 1 aromatic heterocycles. The predicted octanol–water partition coefficient (Wildman–Crippen LogP) is 3.47. The van der Waals surface area contributed by atoms with Gasteiger partial charge in [0.25, 0.3) is 0 Å². The van der Waals surface area contributed by atoms with Gasteiger partial charge in [-0.05, 0) is 42.0 Å². The summed E-state index contributed by atoms with van der Waals surface area (Å²) < 4.78 is 18.3. The van der Waals surface area contributed by atoms with Crippen molar-refractivity contribution in [1.82, 2.24) is 10.3 Å². The second-order valence-corrected chi connectivity index (χ2v) is 6.50. The minimum Gasteiger partial charge on any atom is -0.456 e. The molecule has 0 radical (unpaired) electrons. The summed E-state index contributed by atoms with van der Waals surface area (Å²) in [7, 11) is 0. The minimum atomic E-state index is -0.609. The molecular weight excluding hydrogens is 369 g/mol. The fourth-order valence-corrected chi connectivity index (χ4v) is 3.08. The highest BCUT2D eigenvalue weighted by Crippen LogP contribution is 2.24. The molecular formula is C19H16FN3O3S. The van der Waals surface area contributed by atoms with Crippen molar-refractivity contribution in [2.45, 2.75) is 13.2 Å². The molecule has 0 bridgehead atoms. The summed E-state index contributed by atoms with van der Waals surface area (Å²) in [6, 6.07) is 12.1. The van der Waals surface area contributed by atoms with Crippen LogP contribution >= 0.6 is 11.3 Å². The van der Waals surface area contributed by atoms with E-state index in [1.165, 1.54) is 23.5 Å². The molecule has 0 aliphatic heterocycles. The van der Waals surface area contributed by atoms with Crippen molar-refractivity contribution in [2.75, 3.05) is 0 Å². The molecule has 0 aliphatic carbocycles. The Balaban J connectivity index is 1.56. The third-order valence-electron chi connectivity index (χ3n) is 3.65. The molecule has 2 aromatic carbocycles. The third-order valence-corrected chi connectivity index (χ3v) is 4.59. The number of carbonyl (C=O) groups excluding carboxylic acids is 2. The molecule has 0 saturated heterocycles. The van der Waals surface area contributed by atoms with E-state index in [9.17, 15) is 14.0 Å². The van der Waals surface area contributed by atoms with Crippen molar-refractivity contribution in [1.29, 1.82) is 0 Å².